The minimum atomic E-state index is -1.02. The minimum Gasteiger partial charge on any atom is -0.427 e. The van der Waals surface area contributed by atoms with Crippen LogP contribution in [-0.4, -0.2) is 40.5 Å². The lowest BCUT2D eigenvalue weighted by atomic mass is 10.0. The number of nitrogens with zero attached hydrogens (tertiary/aromatic N) is 2. The van der Waals surface area contributed by atoms with Gasteiger partial charge in [0.2, 0.25) is 5.60 Å². The number of thiocarbonyl (C=S) groups is 1. The van der Waals surface area contributed by atoms with Gasteiger partial charge in [0, 0.05) is 23.8 Å². The number of hydrogen-bond donors (Lipinski definition) is 1. The van der Waals surface area contributed by atoms with E-state index in [0.29, 0.717) is 28.9 Å². The summed E-state index contributed by atoms with van der Waals surface area (Å²) in [7, 11) is 0. The van der Waals surface area contributed by atoms with Gasteiger partial charge in [0.25, 0.3) is 0 Å². The summed E-state index contributed by atoms with van der Waals surface area (Å²) >= 11 is 11.3. The largest absolute Gasteiger partial charge is 0.427 e. The van der Waals surface area contributed by atoms with Crippen molar-refractivity contribution in [3.63, 3.8) is 0 Å². The number of carbonyl (C=O) groups is 1. The van der Waals surface area contributed by atoms with Crippen LogP contribution in [0.3, 0.4) is 0 Å². The fourth-order valence-electron chi connectivity index (χ4n) is 2.40. The van der Waals surface area contributed by atoms with Gasteiger partial charge in [-0.2, -0.15) is 0 Å². The topological polar surface area (TPSA) is 53.9 Å². The molecule has 1 N–H and O–H groups in total. The second-order valence-corrected chi connectivity index (χ2v) is 5.92. The van der Waals surface area contributed by atoms with Crippen molar-refractivity contribution in [2.75, 3.05) is 18.4 Å². The molecule has 7 heteroatoms. The van der Waals surface area contributed by atoms with E-state index >= 15 is 0 Å². The zero-order valence-electron chi connectivity index (χ0n) is 11.4. The van der Waals surface area contributed by atoms with Gasteiger partial charge in [0.1, 0.15) is 4.99 Å². The zero-order valence-corrected chi connectivity index (χ0v) is 13.0. The van der Waals surface area contributed by atoms with Crippen LogP contribution in [0.1, 0.15) is 13.3 Å². The quantitative estimate of drug-likeness (QED) is 0.850. The van der Waals surface area contributed by atoms with Crippen LogP contribution >= 0.6 is 23.8 Å². The lowest BCUT2D eigenvalue weighted by Crippen LogP contribution is -2.48. The van der Waals surface area contributed by atoms with E-state index in [1.54, 1.807) is 24.0 Å². The molecular weight excluding hydrogens is 310 g/mol. The lowest BCUT2D eigenvalue weighted by Gasteiger charge is -2.27. The molecule has 1 aromatic rings. The molecule has 2 aliphatic heterocycles. The number of halogens is 1. The van der Waals surface area contributed by atoms with Crippen molar-refractivity contribution < 1.29 is 9.53 Å². The summed E-state index contributed by atoms with van der Waals surface area (Å²) in [6, 6.07) is 7.16. The van der Waals surface area contributed by atoms with Crippen LogP contribution in [0.25, 0.3) is 0 Å². The molecule has 21 heavy (non-hydrogen) atoms. The molecule has 1 amide bonds. The smallest absolute Gasteiger partial charge is 0.416 e. The lowest BCUT2D eigenvalue weighted by molar-refractivity contribution is 0.122. The van der Waals surface area contributed by atoms with Crippen molar-refractivity contribution in [1.29, 1.82) is 0 Å². The molecule has 1 unspecified atom stereocenters. The Labute approximate surface area is 132 Å². The van der Waals surface area contributed by atoms with Crippen molar-refractivity contribution in [1.82, 2.24) is 4.90 Å². The van der Waals surface area contributed by atoms with E-state index in [9.17, 15) is 4.79 Å². The molecule has 0 bridgehead atoms. The molecule has 2 heterocycles. The van der Waals surface area contributed by atoms with E-state index in [1.165, 1.54) is 0 Å². The monoisotopic (exact) mass is 323 g/mol. The number of amidine groups is 1. The fraction of sp³-hybridized carbons (Fsp3) is 0.357. The Morgan fingerprint density at radius 3 is 2.90 bits per heavy atom. The van der Waals surface area contributed by atoms with Gasteiger partial charge in [0.05, 0.1) is 0 Å². The van der Waals surface area contributed by atoms with Crippen LogP contribution in [0.2, 0.25) is 5.02 Å². The van der Waals surface area contributed by atoms with Crippen molar-refractivity contribution in [2.24, 2.45) is 4.99 Å². The number of ether oxygens (including phenoxy) is 1. The average Bonchev–Trinajstić information content (AvgIpc) is 2.75. The van der Waals surface area contributed by atoms with Gasteiger partial charge in [-0.15, -0.1) is 0 Å². The summed E-state index contributed by atoms with van der Waals surface area (Å²) in [4.78, 5) is 18.3. The third-order valence-corrected chi connectivity index (χ3v) is 4.27. The van der Waals surface area contributed by atoms with Gasteiger partial charge < -0.3 is 10.1 Å². The van der Waals surface area contributed by atoms with E-state index in [0.717, 1.165) is 12.1 Å². The highest BCUT2D eigenvalue weighted by molar-refractivity contribution is 7.80. The Morgan fingerprint density at radius 2 is 2.19 bits per heavy atom. The maximum absolute atomic E-state index is 11.9. The number of anilines is 1. The third kappa shape index (κ3) is 2.49. The number of hydrogen-bond acceptors (Lipinski definition) is 4. The van der Waals surface area contributed by atoms with Gasteiger partial charge in [-0.05, 0) is 37.6 Å². The maximum Gasteiger partial charge on any atom is 0.416 e. The summed E-state index contributed by atoms with van der Waals surface area (Å²) < 4.78 is 5.48. The molecule has 1 atom stereocenters. The fourth-order valence-corrected chi connectivity index (χ4v) is 2.77. The Morgan fingerprint density at radius 1 is 1.48 bits per heavy atom. The number of nitrogens with one attached hydrogen (secondary N) is 1. The normalized spacial score (nSPS) is 24.2. The van der Waals surface area contributed by atoms with E-state index in [1.807, 2.05) is 12.1 Å². The SMILES string of the molecule is CC1(C(=S)Nc2ccc(Cl)cc2)OC(=O)N2CCCN=C21. The number of carbonyl (C=O) groups excluding carboxylic acids is 1. The number of fused-ring (bicyclic) bond motifs is 1. The third-order valence-electron chi connectivity index (χ3n) is 3.53. The van der Waals surface area contributed by atoms with Crippen molar-refractivity contribution in [3.8, 4) is 0 Å². The molecule has 110 valence electrons. The highest BCUT2D eigenvalue weighted by Gasteiger charge is 2.52. The minimum absolute atomic E-state index is 0.392. The molecular formula is C14H14ClN3O2S. The first-order valence-corrected chi connectivity index (χ1v) is 7.42. The van der Waals surface area contributed by atoms with Crippen LogP contribution in [0.15, 0.2) is 29.3 Å². The van der Waals surface area contributed by atoms with Crippen molar-refractivity contribution in [2.45, 2.75) is 18.9 Å². The van der Waals surface area contributed by atoms with Crippen LogP contribution in [0, 0.1) is 0 Å². The molecule has 1 fully saturated rings. The molecule has 0 saturated carbocycles. The molecule has 1 aromatic carbocycles. The number of rotatable bonds is 2. The van der Waals surface area contributed by atoms with Gasteiger partial charge in [-0.1, -0.05) is 23.8 Å². The molecule has 0 aromatic heterocycles. The van der Waals surface area contributed by atoms with Gasteiger partial charge in [-0.3, -0.25) is 9.89 Å². The second kappa shape index (κ2) is 5.27. The molecule has 0 radical (unpaired) electrons. The molecule has 3 rings (SSSR count). The van der Waals surface area contributed by atoms with Gasteiger partial charge >= 0.3 is 6.09 Å². The molecule has 1 saturated heterocycles. The first-order valence-electron chi connectivity index (χ1n) is 6.63. The molecule has 0 spiro atoms. The highest BCUT2D eigenvalue weighted by Crippen LogP contribution is 2.30. The standard InChI is InChI=1S/C14H14ClN3O2S/c1-14(11-16-7-2-8-18(11)13(19)20-14)12(21)17-10-5-3-9(15)4-6-10/h3-6H,2,7-8H2,1H3,(H,17,21). The van der Waals surface area contributed by atoms with E-state index in [-0.39, 0.29) is 0 Å². The molecule has 5 nitrogen and oxygen atoms in total. The van der Waals surface area contributed by atoms with E-state index in [2.05, 4.69) is 10.3 Å². The van der Waals surface area contributed by atoms with Crippen molar-refractivity contribution >= 4 is 46.4 Å². The van der Waals surface area contributed by atoms with Crippen molar-refractivity contribution in [3.05, 3.63) is 29.3 Å². The van der Waals surface area contributed by atoms with Crippen LogP contribution in [0.5, 0.6) is 0 Å². The maximum atomic E-state index is 11.9. The van der Waals surface area contributed by atoms with E-state index < -0.39 is 11.7 Å². The summed E-state index contributed by atoms with van der Waals surface area (Å²) in [5.74, 6) is 0.588. The number of benzene rings is 1. The predicted molar refractivity (Wildman–Crippen MR) is 86.2 cm³/mol. The summed E-state index contributed by atoms with van der Waals surface area (Å²) in [6.07, 6.45) is 0.447. The van der Waals surface area contributed by atoms with E-state index in [4.69, 9.17) is 28.6 Å². The predicted octanol–water partition coefficient (Wildman–Crippen LogP) is 3.09. The Hall–Kier alpha value is -1.66. The first kappa shape index (κ1) is 14.3. The number of cyclic esters (lactones) is 1. The van der Waals surface area contributed by atoms with Gasteiger partial charge in [0.15, 0.2) is 5.84 Å². The Kier molecular flexibility index (Phi) is 3.59. The Balaban J connectivity index is 1.84. The van der Waals surface area contributed by atoms with Gasteiger partial charge in [-0.25, -0.2) is 4.79 Å². The molecule has 0 aliphatic carbocycles. The number of amides is 1. The summed E-state index contributed by atoms with van der Waals surface area (Å²) in [5, 5.41) is 3.74. The average molecular weight is 324 g/mol. The summed E-state index contributed by atoms with van der Waals surface area (Å²) in [6.45, 7) is 3.07. The number of aliphatic imine (C=N–C) groups is 1. The molecule has 2 aliphatic rings. The highest BCUT2D eigenvalue weighted by atomic mass is 35.5. The van der Waals surface area contributed by atoms with Crippen LogP contribution < -0.4 is 5.32 Å². The Bertz CT molecular complexity index is 632. The summed E-state index contributed by atoms with van der Waals surface area (Å²) in [5.41, 5.74) is -0.233. The van der Waals surface area contributed by atoms with Crippen LogP contribution in [0.4, 0.5) is 10.5 Å². The zero-order chi connectivity index (χ0) is 15.0. The first-order chi connectivity index (χ1) is 10.0. The van der Waals surface area contributed by atoms with Crippen LogP contribution in [-0.2, 0) is 4.74 Å². The second-order valence-electron chi connectivity index (χ2n) is 5.07.